The Labute approximate surface area is 125 Å². The number of pyridine rings is 1. The van der Waals surface area contributed by atoms with E-state index < -0.39 is 0 Å². The van der Waals surface area contributed by atoms with Crippen molar-refractivity contribution in [3.63, 3.8) is 0 Å². The lowest BCUT2D eigenvalue weighted by Gasteiger charge is -2.18. The van der Waals surface area contributed by atoms with Crippen LogP contribution in [0.2, 0.25) is 0 Å². The summed E-state index contributed by atoms with van der Waals surface area (Å²) in [6.07, 6.45) is 3.18. The smallest absolute Gasteiger partial charge is 0.255 e. The Morgan fingerprint density at radius 3 is 2.62 bits per heavy atom. The molecule has 1 aliphatic carbocycles. The van der Waals surface area contributed by atoms with Crippen molar-refractivity contribution in [1.29, 1.82) is 0 Å². The lowest BCUT2D eigenvalue weighted by Crippen LogP contribution is -2.29. The van der Waals surface area contributed by atoms with Crippen LogP contribution in [0.3, 0.4) is 0 Å². The highest BCUT2D eigenvalue weighted by atomic mass is 16.1. The van der Waals surface area contributed by atoms with Crippen LogP contribution in [0.25, 0.3) is 0 Å². The van der Waals surface area contributed by atoms with Crippen LogP contribution in [-0.2, 0) is 19.9 Å². The molecule has 3 heteroatoms. The number of hydrogen-bond acceptors (Lipinski definition) is 2. The SMILES string of the molecule is Cc1ccc(C(N)c2cc3c(n(C)c2=O)CCC3)c(C)c1. The van der Waals surface area contributed by atoms with Crippen LogP contribution in [0.1, 0.15) is 46.0 Å². The molecule has 110 valence electrons. The van der Waals surface area contributed by atoms with Gasteiger partial charge in [-0.2, -0.15) is 0 Å². The lowest BCUT2D eigenvalue weighted by molar-refractivity contribution is 0.741. The minimum absolute atomic E-state index is 0.0446. The van der Waals surface area contributed by atoms with Crippen molar-refractivity contribution < 1.29 is 0 Å². The number of rotatable bonds is 2. The fourth-order valence-corrected chi connectivity index (χ4v) is 3.42. The topological polar surface area (TPSA) is 48.0 Å². The van der Waals surface area contributed by atoms with E-state index in [9.17, 15) is 4.79 Å². The molecule has 0 amide bonds. The zero-order valence-corrected chi connectivity index (χ0v) is 12.9. The number of nitrogens with zero attached hydrogens (tertiary/aromatic N) is 1. The van der Waals surface area contributed by atoms with Gasteiger partial charge in [0.2, 0.25) is 0 Å². The maximum Gasteiger partial charge on any atom is 0.255 e. The predicted octanol–water partition coefficient (Wildman–Crippen LogP) is 2.54. The summed E-state index contributed by atoms with van der Waals surface area (Å²) in [5.74, 6) is 0. The third-order valence-corrected chi connectivity index (χ3v) is 4.61. The molecule has 3 rings (SSSR count). The lowest BCUT2D eigenvalue weighted by atomic mass is 9.94. The molecule has 0 radical (unpaired) electrons. The Bertz CT molecular complexity index is 759. The summed E-state index contributed by atoms with van der Waals surface area (Å²) in [4.78, 5) is 12.6. The van der Waals surface area contributed by atoms with Gasteiger partial charge in [0, 0.05) is 18.3 Å². The second-order valence-electron chi connectivity index (χ2n) is 6.13. The molecule has 0 bridgehead atoms. The third-order valence-electron chi connectivity index (χ3n) is 4.61. The Balaban J connectivity index is 2.12. The quantitative estimate of drug-likeness (QED) is 0.920. The molecule has 1 atom stereocenters. The normalized spacial score (nSPS) is 15.0. The van der Waals surface area contributed by atoms with Crippen LogP contribution < -0.4 is 11.3 Å². The van der Waals surface area contributed by atoms with E-state index in [1.54, 1.807) is 4.57 Å². The molecule has 2 N–H and O–H groups in total. The number of benzene rings is 1. The van der Waals surface area contributed by atoms with Gasteiger partial charge in [0.05, 0.1) is 6.04 Å². The van der Waals surface area contributed by atoms with Gasteiger partial charge in [-0.3, -0.25) is 4.79 Å². The summed E-state index contributed by atoms with van der Waals surface area (Å²) in [7, 11) is 1.87. The summed E-state index contributed by atoms with van der Waals surface area (Å²) in [5, 5.41) is 0. The maximum absolute atomic E-state index is 12.6. The Morgan fingerprint density at radius 2 is 1.90 bits per heavy atom. The van der Waals surface area contributed by atoms with Crippen LogP contribution in [0, 0.1) is 13.8 Å². The summed E-state index contributed by atoms with van der Waals surface area (Å²) < 4.78 is 1.79. The van der Waals surface area contributed by atoms with E-state index in [1.807, 2.05) is 19.2 Å². The molecule has 0 saturated carbocycles. The number of aromatic nitrogens is 1. The van der Waals surface area contributed by atoms with Crippen molar-refractivity contribution in [2.45, 2.75) is 39.2 Å². The van der Waals surface area contributed by atoms with Gasteiger partial charge < -0.3 is 10.3 Å². The molecule has 21 heavy (non-hydrogen) atoms. The summed E-state index contributed by atoms with van der Waals surface area (Å²) >= 11 is 0. The third kappa shape index (κ3) is 2.32. The van der Waals surface area contributed by atoms with E-state index >= 15 is 0 Å². The largest absolute Gasteiger partial charge is 0.320 e. The highest BCUT2D eigenvalue weighted by Crippen LogP contribution is 2.26. The average molecular weight is 282 g/mol. The van der Waals surface area contributed by atoms with Crippen LogP contribution in [0.5, 0.6) is 0 Å². The Kier molecular flexibility index (Phi) is 3.46. The molecular weight excluding hydrogens is 260 g/mol. The molecule has 0 spiro atoms. The Morgan fingerprint density at radius 1 is 1.14 bits per heavy atom. The van der Waals surface area contributed by atoms with Crippen molar-refractivity contribution in [1.82, 2.24) is 4.57 Å². The molecule has 1 aromatic carbocycles. The van der Waals surface area contributed by atoms with Gasteiger partial charge in [-0.15, -0.1) is 0 Å². The van der Waals surface area contributed by atoms with Crippen LogP contribution >= 0.6 is 0 Å². The first kappa shape index (κ1) is 14.1. The van der Waals surface area contributed by atoms with Gasteiger partial charge in [0.25, 0.3) is 5.56 Å². The minimum Gasteiger partial charge on any atom is -0.320 e. The van der Waals surface area contributed by atoms with E-state index in [2.05, 4.69) is 26.0 Å². The van der Waals surface area contributed by atoms with Crippen molar-refractivity contribution in [2.75, 3.05) is 0 Å². The first-order valence-electron chi connectivity index (χ1n) is 7.53. The van der Waals surface area contributed by atoms with E-state index in [-0.39, 0.29) is 11.6 Å². The number of fused-ring (bicyclic) bond motifs is 1. The fourth-order valence-electron chi connectivity index (χ4n) is 3.42. The molecular formula is C18H22N2O. The highest BCUT2D eigenvalue weighted by Gasteiger charge is 2.21. The standard InChI is InChI=1S/C18H22N2O/c1-11-7-8-14(12(2)9-11)17(19)15-10-13-5-4-6-16(13)20(3)18(15)21/h7-10,17H,4-6,19H2,1-3H3. The number of hydrogen-bond donors (Lipinski definition) is 1. The summed E-state index contributed by atoms with van der Waals surface area (Å²) in [6.45, 7) is 4.12. The van der Waals surface area contributed by atoms with Crippen molar-refractivity contribution in [3.8, 4) is 0 Å². The van der Waals surface area contributed by atoms with Gasteiger partial charge in [-0.25, -0.2) is 0 Å². The van der Waals surface area contributed by atoms with Crippen LogP contribution in [-0.4, -0.2) is 4.57 Å². The van der Waals surface area contributed by atoms with E-state index in [0.717, 1.165) is 30.4 Å². The van der Waals surface area contributed by atoms with Crippen molar-refractivity contribution in [3.05, 3.63) is 68.1 Å². The highest BCUT2D eigenvalue weighted by molar-refractivity contribution is 5.40. The molecule has 1 heterocycles. The molecule has 3 nitrogen and oxygen atoms in total. The number of aryl methyl sites for hydroxylation is 3. The van der Waals surface area contributed by atoms with Gasteiger partial charge >= 0.3 is 0 Å². The maximum atomic E-state index is 12.6. The van der Waals surface area contributed by atoms with E-state index in [4.69, 9.17) is 5.73 Å². The van der Waals surface area contributed by atoms with E-state index in [1.165, 1.54) is 16.8 Å². The van der Waals surface area contributed by atoms with Gasteiger partial charge in [-0.05, 0) is 55.9 Å². The van der Waals surface area contributed by atoms with Gasteiger partial charge in [0.15, 0.2) is 0 Å². The summed E-state index contributed by atoms with van der Waals surface area (Å²) in [5.41, 5.74) is 13.0. The minimum atomic E-state index is -0.352. The van der Waals surface area contributed by atoms with Gasteiger partial charge in [-0.1, -0.05) is 23.8 Å². The van der Waals surface area contributed by atoms with Crippen molar-refractivity contribution >= 4 is 0 Å². The zero-order valence-electron chi connectivity index (χ0n) is 12.9. The van der Waals surface area contributed by atoms with Gasteiger partial charge in [0.1, 0.15) is 0 Å². The van der Waals surface area contributed by atoms with Crippen LogP contribution in [0.15, 0.2) is 29.1 Å². The molecule has 2 aromatic rings. The van der Waals surface area contributed by atoms with Crippen LogP contribution in [0.4, 0.5) is 0 Å². The fraction of sp³-hybridized carbons (Fsp3) is 0.389. The first-order chi connectivity index (χ1) is 9.99. The molecule has 1 aromatic heterocycles. The van der Waals surface area contributed by atoms with E-state index in [0.29, 0.717) is 5.56 Å². The molecule has 0 aliphatic heterocycles. The summed E-state index contributed by atoms with van der Waals surface area (Å²) in [6, 6.07) is 7.90. The van der Waals surface area contributed by atoms with Crippen molar-refractivity contribution in [2.24, 2.45) is 12.8 Å². The second kappa shape index (κ2) is 5.15. The molecule has 1 aliphatic rings. The molecule has 0 saturated heterocycles. The molecule has 1 unspecified atom stereocenters. The Hall–Kier alpha value is -1.87. The molecule has 0 fully saturated rings. The second-order valence-corrected chi connectivity index (χ2v) is 6.13. The average Bonchev–Trinajstić information content (AvgIpc) is 2.90. The predicted molar refractivity (Wildman–Crippen MR) is 85.7 cm³/mol. The monoisotopic (exact) mass is 282 g/mol. The first-order valence-corrected chi connectivity index (χ1v) is 7.53. The zero-order chi connectivity index (χ0) is 15.1. The number of nitrogens with two attached hydrogens (primary N) is 1.